The Morgan fingerprint density at radius 3 is 2.55 bits per heavy atom. The van der Waals surface area contributed by atoms with Crippen LogP contribution in [0.25, 0.3) is 0 Å². The van der Waals surface area contributed by atoms with Crippen molar-refractivity contribution in [2.24, 2.45) is 0 Å². The van der Waals surface area contributed by atoms with Gasteiger partial charge in [0.05, 0.1) is 19.6 Å². The molecule has 0 aromatic heterocycles. The van der Waals surface area contributed by atoms with Crippen molar-refractivity contribution in [3.63, 3.8) is 0 Å². The van der Waals surface area contributed by atoms with Gasteiger partial charge in [-0.25, -0.2) is 4.79 Å². The van der Waals surface area contributed by atoms with Crippen LogP contribution in [-0.2, 0) is 16.0 Å². The van der Waals surface area contributed by atoms with Crippen molar-refractivity contribution < 1.29 is 14.3 Å². The maximum Gasteiger partial charge on any atom is 0.319 e. The molecular formula is C16H21N3O3. The average molecular weight is 303 g/mol. The van der Waals surface area contributed by atoms with Gasteiger partial charge in [-0.3, -0.25) is 4.79 Å². The molecule has 1 fully saturated rings. The Morgan fingerprint density at radius 2 is 1.91 bits per heavy atom. The Bertz CT molecular complexity index is 522. The number of hydrogen-bond donors (Lipinski definition) is 2. The van der Waals surface area contributed by atoms with E-state index in [1.807, 2.05) is 17.0 Å². The molecule has 0 atom stereocenters. The number of carbonyl (C=O) groups is 2. The van der Waals surface area contributed by atoms with E-state index in [0.717, 1.165) is 5.56 Å². The second-order valence-electron chi connectivity index (χ2n) is 4.99. The standard InChI is InChI=1S/C16H21N3O3/c1-2-7-17-16(21)18-14-5-3-13(4-6-14)12-15(20)19-8-10-22-11-9-19/h2-6H,1,7-12H2,(H2,17,18,21). The average Bonchev–Trinajstić information content (AvgIpc) is 2.55. The van der Waals surface area contributed by atoms with Crippen LogP contribution in [0.3, 0.4) is 0 Å². The van der Waals surface area contributed by atoms with Crippen molar-refractivity contribution in [1.82, 2.24) is 10.2 Å². The van der Waals surface area contributed by atoms with Crippen LogP contribution in [0.1, 0.15) is 5.56 Å². The van der Waals surface area contributed by atoms with E-state index in [4.69, 9.17) is 4.74 Å². The first kappa shape index (κ1) is 16.0. The zero-order valence-corrected chi connectivity index (χ0v) is 12.5. The molecule has 6 nitrogen and oxygen atoms in total. The summed E-state index contributed by atoms with van der Waals surface area (Å²) in [7, 11) is 0. The van der Waals surface area contributed by atoms with Gasteiger partial charge in [-0.15, -0.1) is 6.58 Å². The molecule has 2 rings (SSSR count). The number of ether oxygens (including phenoxy) is 1. The number of nitrogens with one attached hydrogen (secondary N) is 2. The molecule has 0 spiro atoms. The quantitative estimate of drug-likeness (QED) is 0.808. The number of hydrogen-bond acceptors (Lipinski definition) is 3. The predicted molar refractivity (Wildman–Crippen MR) is 84.8 cm³/mol. The van der Waals surface area contributed by atoms with Crippen LogP contribution in [0.5, 0.6) is 0 Å². The van der Waals surface area contributed by atoms with Gasteiger partial charge in [0.15, 0.2) is 0 Å². The second kappa shape index (κ2) is 8.19. The molecule has 0 saturated carbocycles. The molecule has 1 aromatic carbocycles. The highest BCUT2D eigenvalue weighted by atomic mass is 16.5. The summed E-state index contributed by atoms with van der Waals surface area (Å²) in [5.74, 6) is 0.104. The van der Waals surface area contributed by atoms with Gasteiger partial charge in [-0.1, -0.05) is 18.2 Å². The highest BCUT2D eigenvalue weighted by molar-refractivity contribution is 5.89. The monoisotopic (exact) mass is 303 g/mol. The number of amides is 3. The van der Waals surface area contributed by atoms with Gasteiger partial charge >= 0.3 is 6.03 Å². The summed E-state index contributed by atoms with van der Waals surface area (Å²) in [4.78, 5) is 25.4. The molecule has 1 aromatic rings. The third-order valence-corrected chi connectivity index (χ3v) is 3.34. The molecule has 0 aliphatic carbocycles. The highest BCUT2D eigenvalue weighted by Crippen LogP contribution is 2.11. The number of urea groups is 1. The maximum atomic E-state index is 12.1. The Labute approximate surface area is 130 Å². The zero-order chi connectivity index (χ0) is 15.8. The summed E-state index contributed by atoms with van der Waals surface area (Å²) in [6.45, 7) is 6.47. The van der Waals surface area contributed by atoms with E-state index in [9.17, 15) is 9.59 Å². The van der Waals surface area contributed by atoms with Crippen LogP contribution in [0, 0.1) is 0 Å². The first-order chi connectivity index (χ1) is 10.7. The van der Waals surface area contributed by atoms with Crippen LogP contribution in [0.15, 0.2) is 36.9 Å². The fourth-order valence-electron chi connectivity index (χ4n) is 2.15. The predicted octanol–water partition coefficient (Wildman–Crippen LogP) is 1.40. The lowest BCUT2D eigenvalue weighted by molar-refractivity contribution is -0.134. The van der Waals surface area contributed by atoms with Gasteiger partial charge in [0.25, 0.3) is 0 Å². The van der Waals surface area contributed by atoms with Crippen molar-refractivity contribution in [2.45, 2.75) is 6.42 Å². The number of anilines is 1. The van der Waals surface area contributed by atoms with Crippen molar-refractivity contribution >= 4 is 17.6 Å². The van der Waals surface area contributed by atoms with Gasteiger partial charge < -0.3 is 20.3 Å². The van der Waals surface area contributed by atoms with Crippen molar-refractivity contribution in [2.75, 3.05) is 38.2 Å². The molecule has 22 heavy (non-hydrogen) atoms. The third kappa shape index (κ3) is 4.89. The van der Waals surface area contributed by atoms with Gasteiger partial charge in [0.2, 0.25) is 5.91 Å². The van der Waals surface area contributed by atoms with E-state index in [2.05, 4.69) is 17.2 Å². The molecule has 1 aliphatic rings. The molecule has 6 heteroatoms. The number of benzene rings is 1. The first-order valence-electron chi connectivity index (χ1n) is 7.29. The number of rotatable bonds is 5. The molecule has 0 bridgehead atoms. The summed E-state index contributed by atoms with van der Waals surface area (Å²) in [6.07, 6.45) is 1.98. The van der Waals surface area contributed by atoms with E-state index in [-0.39, 0.29) is 11.9 Å². The summed E-state index contributed by atoms with van der Waals surface area (Å²) in [5, 5.41) is 5.34. The van der Waals surface area contributed by atoms with Crippen molar-refractivity contribution in [3.8, 4) is 0 Å². The van der Waals surface area contributed by atoms with E-state index >= 15 is 0 Å². The number of nitrogens with zero attached hydrogens (tertiary/aromatic N) is 1. The van der Waals surface area contributed by atoms with E-state index < -0.39 is 0 Å². The second-order valence-corrected chi connectivity index (χ2v) is 4.99. The van der Waals surface area contributed by atoms with Crippen LogP contribution >= 0.6 is 0 Å². The lowest BCUT2D eigenvalue weighted by Gasteiger charge is -2.26. The van der Waals surface area contributed by atoms with Gasteiger partial charge in [0, 0.05) is 25.3 Å². The number of morpholine rings is 1. The van der Waals surface area contributed by atoms with E-state index in [1.54, 1.807) is 18.2 Å². The zero-order valence-electron chi connectivity index (χ0n) is 12.5. The minimum atomic E-state index is -0.281. The molecule has 1 heterocycles. The molecule has 3 amide bonds. The molecule has 0 radical (unpaired) electrons. The van der Waals surface area contributed by atoms with E-state index in [1.165, 1.54) is 0 Å². The molecule has 118 valence electrons. The summed E-state index contributed by atoms with van der Waals surface area (Å²) >= 11 is 0. The molecular weight excluding hydrogens is 282 g/mol. The first-order valence-corrected chi connectivity index (χ1v) is 7.29. The van der Waals surface area contributed by atoms with Crippen molar-refractivity contribution in [1.29, 1.82) is 0 Å². The summed E-state index contributed by atoms with van der Waals surface area (Å²) in [6, 6.07) is 6.99. The highest BCUT2D eigenvalue weighted by Gasteiger charge is 2.16. The fraction of sp³-hybridized carbons (Fsp3) is 0.375. The topological polar surface area (TPSA) is 70.7 Å². The third-order valence-electron chi connectivity index (χ3n) is 3.34. The van der Waals surface area contributed by atoms with Crippen LogP contribution in [0.2, 0.25) is 0 Å². The number of carbonyl (C=O) groups excluding carboxylic acids is 2. The molecule has 2 N–H and O–H groups in total. The van der Waals surface area contributed by atoms with Crippen LogP contribution in [-0.4, -0.2) is 49.7 Å². The lowest BCUT2D eigenvalue weighted by Crippen LogP contribution is -2.41. The Morgan fingerprint density at radius 1 is 1.23 bits per heavy atom. The van der Waals surface area contributed by atoms with Crippen LogP contribution < -0.4 is 10.6 Å². The smallest absolute Gasteiger partial charge is 0.319 e. The Kier molecular flexibility index (Phi) is 5.97. The van der Waals surface area contributed by atoms with E-state index in [0.29, 0.717) is 45.0 Å². The van der Waals surface area contributed by atoms with Gasteiger partial charge in [0.1, 0.15) is 0 Å². The largest absolute Gasteiger partial charge is 0.378 e. The molecule has 1 aliphatic heterocycles. The Balaban J connectivity index is 1.84. The minimum Gasteiger partial charge on any atom is -0.378 e. The van der Waals surface area contributed by atoms with Crippen LogP contribution in [0.4, 0.5) is 10.5 Å². The van der Waals surface area contributed by atoms with Crippen molar-refractivity contribution in [3.05, 3.63) is 42.5 Å². The normalized spacial score (nSPS) is 14.3. The van der Waals surface area contributed by atoms with Gasteiger partial charge in [-0.2, -0.15) is 0 Å². The fourth-order valence-corrected chi connectivity index (χ4v) is 2.15. The Hall–Kier alpha value is -2.34. The summed E-state index contributed by atoms with van der Waals surface area (Å²) in [5.41, 5.74) is 1.61. The summed E-state index contributed by atoms with van der Waals surface area (Å²) < 4.78 is 5.23. The minimum absolute atomic E-state index is 0.104. The SMILES string of the molecule is C=CCNC(=O)Nc1ccc(CC(=O)N2CCOCC2)cc1. The lowest BCUT2D eigenvalue weighted by atomic mass is 10.1. The molecule has 1 saturated heterocycles. The van der Waals surface area contributed by atoms with Gasteiger partial charge in [-0.05, 0) is 17.7 Å². The maximum absolute atomic E-state index is 12.1. The molecule has 0 unspecified atom stereocenters.